The topological polar surface area (TPSA) is 70.8 Å². The summed E-state index contributed by atoms with van der Waals surface area (Å²) in [5.74, 6) is 1.58. The van der Waals surface area contributed by atoms with Crippen LogP contribution >= 0.6 is 15.9 Å². The van der Waals surface area contributed by atoms with E-state index in [1.54, 1.807) is 7.11 Å². The first kappa shape index (κ1) is 16.6. The predicted molar refractivity (Wildman–Crippen MR) is 89.9 cm³/mol. The van der Waals surface area contributed by atoms with Crippen LogP contribution in [0.3, 0.4) is 0 Å². The number of nitrogens with two attached hydrogens (primary N) is 1. The Morgan fingerprint density at radius 1 is 1.52 bits per heavy atom. The minimum absolute atomic E-state index is 0.00330. The van der Waals surface area contributed by atoms with Gasteiger partial charge in [-0.1, -0.05) is 0 Å². The van der Waals surface area contributed by atoms with Crippen LogP contribution in [0.15, 0.2) is 10.5 Å². The second-order valence-corrected chi connectivity index (χ2v) is 7.23. The van der Waals surface area contributed by atoms with Crippen molar-refractivity contribution in [1.82, 2.24) is 0 Å². The molecule has 1 fully saturated rings. The fourth-order valence-electron chi connectivity index (χ4n) is 2.92. The molecule has 1 aromatic carbocycles. The van der Waals surface area contributed by atoms with Gasteiger partial charge in [-0.05, 0) is 48.2 Å². The number of methoxy groups -OCH3 is 1. The van der Waals surface area contributed by atoms with E-state index < -0.39 is 0 Å². The average molecular weight is 384 g/mol. The molecule has 1 saturated carbocycles. The molecule has 6 heteroatoms. The summed E-state index contributed by atoms with van der Waals surface area (Å²) in [6, 6.07) is 1.91. The average Bonchev–Trinajstić information content (AvgIpc) is 3.34. The molecule has 1 aliphatic heterocycles. The first-order valence-electron chi connectivity index (χ1n) is 7.96. The van der Waals surface area contributed by atoms with Crippen LogP contribution in [0.2, 0.25) is 0 Å². The van der Waals surface area contributed by atoms with Crippen LogP contribution in [-0.4, -0.2) is 31.8 Å². The number of benzene rings is 1. The normalized spacial score (nSPS) is 21.1. The van der Waals surface area contributed by atoms with E-state index >= 15 is 0 Å². The second kappa shape index (κ2) is 6.69. The summed E-state index contributed by atoms with van der Waals surface area (Å²) in [4.78, 5) is 11.9. The summed E-state index contributed by atoms with van der Waals surface area (Å²) >= 11 is 3.53. The summed E-state index contributed by atoms with van der Waals surface area (Å²) in [6.45, 7) is 2.34. The molecule has 0 aromatic heterocycles. The lowest BCUT2D eigenvalue weighted by atomic mass is 9.93. The predicted octanol–water partition coefficient (Wildman–Crippen LogP) is 2.60. The maximum atomic E-state index is 11.9. The number of rotatable bonds is 5. The van der Waals surface area contributed by atoms with Crippen molar-refractivity contribution in [1.29, 1.82) is 0 Å². The van der Waals surface area contributed by atoms with Gasteiger partial charge in [0.25, 0.3) is 0 Å². The standard InChI is InChI=1S/C17H22BrNO4/c1-9(19)5-12-13-6-11(23-17(20)10-3-4-10)8-22-16(13)14(18)7-15(12)21-2/h7,9-11H,3-6,8,19H2,1-2H3. The van der Waals surface area contributed by atoms with Crippen LogP contribution in [0.5, 0.6) is 11.5 Å². The number of halogens is 1. The molecule has 126 valence electrons. The van der Waals surface area contributed by atoms with Gasteiger partial charge >= 0.3 is 5.97 Å². The van der Waals surface area contributed by atoms with Crippen molar-refractivity contribution in [2.75, 3.05) is 13.7 Å². The van der Waals surface area contributed by atoms with Crippen molar-refractivity contribution in [3.8, 4) is 11.5 Å². The molecule has 1 aromatic rings. The third kappa shape index (κ3) is 3.63. The molecule has 1 aliphatic carbocycles. The molecule has 3 rings (SSSR count). The Hall–Kier alpha value is -1.27. The number of ether oxygens (including phenoxy) is 3. The molecular formula is C17H22BrNO4. The van der Waals surface area contributed by atoms with Gasteiger partial charge in [0.1, 0.15) is 24.2 Å². The van der Waals surface area contributed by atoms with Crippen molar-refractivity contribution in [2.45, 2.75) is 44.8 Å². The van der Waals surface area contributed by atoms with E-state index in [0.29, 0.717) is 19.4 Å². The van der Waals surface area contributed by atoms with Gasteiger partial charge in [0.05, 0.1) is 17.5 Å². The SMILES string of the molecule is COc1cc(Br)c2c(c1CC(C)N)CC(OC(=O)C1CC1)CO2. The molecule has 0 radical (unpaired) electrons. The molecule has 1 heterocycles. The fraction of sp³-hybridized carbons (Fsp3) is 0.588. The van der Waals surface area contributed by atoms with Crippen LogP contribution in [0, 0.1) is 5.92 Å². The number of hydrogen-bond acceptors (Lipinski definition) is 5. The van der Waals surface area contributed by atoms with Gasteiger partial charge < -0.3 is 19.9 Å². The van der Waals surface area contributed by atoms with Crippen LogP contribution in [0.1, 0.15) is 30.9 Å². The number of fused-ring (bicyclic) bond motifs is 1. The molecule has 0 amide bonds. The maximum Gasteiger partial charge on any atom is 0.309 e. The zero-order valence-corrected chi connectivity index (χ0v) is 15.0. The summed E-state index contributed by atoms with van der Waals surface area (Å²) < 4.78 is 17.8. The van der Waals surface area contributed by atoms with Gasteiger partial charge in [-0.25, -0.2) is 0 Å². The number of esters is 1. The highest BCUT2D eigenvalue weighted by atomic mass is 79.9. The van der Waals surface area contributed by atoms with Crippen molar-refractivity contribution >= 4 is 21.9 Å². The summed E-state index contributed by atoms with van der Waals surface area (Å²) in [5.41, 5.74) is 8.05. The Morgan fingerprint density at radius 2 is 2.26 bits per heavy atom. The van der Waals surface area contributed by atoms with Gasteiger partial charge in [0.2, 0.25) is 0 Å². The van der Waals surface area contributed by atoms with Gasteiger partial charge in [-0.3, -0.25) is 4.79 Å². The molecule has 2 N–H and O–H groups in total. The Labute approximate surface area is 144 Å². The monoisotopic (exact) mass is 383 g/mol. The number of carbonyl (C=O) groups excluding carboxylic acids is 1. The highest BCUT2D eigenvalue weighted by Crippen LogP contribution is 2.42. The zero-order chi connectivity index (χ0) is 16.6. The van der Waals surface area contributed by atoms with Crippen LogP contribution in [0.4, 0.5) is 0 Å². The first-order valence-corrected chi connectivity index (χ1v) is 8.76. The molecule has 23 heavy (non-hydrogen) atoms. The maximum absolute atomic E-state index is 11.9. The molecule has 0 bridgehead atoms. The first-order chi connectivity index (χ1) is 11.0. The third-order valence-corrected chi connectivity index (χ3v) is 4.78. The summed E-state index contributed by atoms with van der Waals surface area (Å²) in [7, 11) is 1.65. The molecule has 0 spiro atoms. The van der Waals surface area contributed by atoms with Gasteiger partial charge in [-0.15, -0.1) is 0 Å². The largest absolute Gasteiger partial charge is 0.496 e. The van der Waals surface area contributed by atoms with Crippen LogP contribution in [-0.2, 0) is 22.4 Å². The Balaban J connectivity index is 1.88. The number of hydrogen-bond donors (Lipinski definition) is 1. The Kier molecular flexibility index (Phi) is 4.82. The molecule has 2 aliphatic rings. The summed E-state index contributed by atoms with van der Waals surface area (Å²) in [6.07, 6.45) is 2.95. The molecule has 5 nitrogen and oxygen atoms in total. The molecule has 0 saturated heterocycles. The summed E-state index contributed by atoms with van der Waals surface area (Å²) in [5, 5.41) is 0. The Bertz CT molecular complexity index is 613. The lowest BCUT2D eigenvalue weighted by molar-refractivity contribution is -0.152. The molecule has 2 unspecified atom stereocenters. The van der Waals surface area contributed by atoms with E-state index in [9.17, 15) is 4.79 Å². The van der Waals surface area contributed by atoms with Crippen molar-refractivity contribution < 1.29 is 19.0 Å². The van der Waals surface area contributed by atoms with Crippen LogP contribution < -0.4 is 15.2 Å². The van der Waals surface area contributed by atoms with E-state index in [4.69, 9.17) is 19.9 Å². The molecular weight excluding hydrogens is 362 g/mol. The fourth-order valence-corrected chi connectivity index (χ4v) is 3.48. The quantitative estimate of drug-likeness (QED) is 0.791. The van der Waals surface area contributed by atoms with E-state index in [0.717, 1.165) is 39.9 Å². The van der Waals surface area contributed by atoms with Crippen molar-refractivity contribution in [3.05, 3.63) is 21.7 Å². The highest BCUT2D eigenvalue weighted by molar-refractivity contribution is 9.10. The van der Waals surface area contributed by atoms with E-state index in [1.165, 1.54) is 0 Å². The second-order valence-electron chi connectivity index (χ2n) is 6.38. The zero-order valence-electron chi connectivity index (χ0n) is 13.4. The van der Waals surface area contributed by atoms with E-state index in [1.807, 2.05) is 13.0 Å². The smallest absolute Gasteiger partial charge is 0.309 e. The van der Waals surface area contributed by atoms with E-state index in [-0.39, 0.29) is 24.0 Å². The lowest BCUT2D eigenvalue weighted by Gasteiger charge is -2.29. The van der Waals surface area contributed by atoms with E-state index in [2.05, 4.69) is 15.9 Å². The molecule has 2 atom stereocenters. The Morgan fingerprint density at radius 3 is 2.87 bits per heavy atom. The third-order valence-electron chi connectivity index (χ3n) is 4.20. The highest BCUT2D eigenvalue weighted by Gasteiger charge is 2.35. The van der Waals surface area contributed by atoms with Gasteiger partial charge in [-0.2, -0.15) is 0 Å². The van der Waals surface area contributed by atoms with Crippen molar-refractivity contribution in [2.24, 2.45) is 11.7 Å². The van der Waals surface area contributed by atoms with Gasteiger partial charge in [0.15, 0.2) is 0 Å². The van der Waals surface area contributed by atoms with Crippen molar-refractivity contribution in [3.63, 3.8) is 0 Å². The minimum atomic E-state index is -0.249. The van der Waals surface area contributed by atoms with Crippen LogP contribution in [0.25, 0.3) is 0 Å². The lowest BCUT2D eigenvalue weighted by Crippen LogP contribution is -2.33. The minimum Gasteiger partial charge on any atom is -0.496 e. The number of carbonyl (C=O) groups is 1. The van der Waals surface area contributed by atoms with Gasteiger partial charge in [0, 0.05) is 23.6 Å².